The molecule has 1 aromatic heterocycles. The van der Waals surface area contributed by atoms with Crippen LogP contribution in [0.1, 0.15) is 49.9 Å². The lowest BCUT2D eigenvalue weighted by molar-refractivity contribution is -0.833. The highest BCUT2D eigenvalue weighted by molar-refractivity contribution is 6.06. The van der Waals surface area contributed by atoms with E-state index in [-0.39, 0.29) is 27.7 Å². The second-order valence-electron chi connectivity index (χ2n) is 9.37. The molecule has 31 heavy (non-hydrogen) atoms. The maximum Gasteiger partial charge on any atom is 0.377 e. The van der Waals surface area contributed by atoms with Crippen molar-refractivity contribution < 1.29 is 14.2 Å². The van der Waals surface area contributed by atoms with Crippen LogP contribution in [0.2, 0.25) is 0 Å². The van der Waals surface area contributed by atoms with Crippen molar-refractivity contribution in [2.75, 3.05) is 18.8 Å². The van der Waals surface area contributed by atoms with Crippen LogP contribution in [0.15, 0.2) is 46.7 Å². The van der Waals surface area contributed by atoms with E-state index in [9.17, 15) is 9.59 Å². The van der Waals surface area contributed by atoms with Crippen LogP contribution in [0.5, 0.6) is 0 Å². The van der Waals surface area contributed by atoms with Crippen molar-refractivity contribution in [3.8, 4) is 0 Å². The van der Waals surface area contributed by atoms with Gasteiger partial charge in [0.2, 0.25) is 11.5 Å². The molecule has 0 bridgehead atoms. The number of ketones is 1. The molecule has 7 heteroatoms. The summed E-state index contributed by atoms with van der Waals surface area (Å²) in [5, 5.41) is 9.02. The maximum atomic E-state index is 13.9. The molecule has 2 aromatic rings. The van der Waals surface area contributed by atoms with E-state index in [0.717, 1.165) is 43.3 Å². The number of nitrogens with zero attached hydrogens (tertiary/aromatic N) is 3. The quantitative estimate of drug-likeness (QED) is 0.730. The van der Waals surface area contributed by atoms with Gasteiger partial charge >= 0.3 is 5.91 Å². The predicted molar refractivity (Wildman–Crippen MR) is 120 cm³/mol. The number of carbonyl (C=O) groups is 2. The molecule has 2 aliphatic heterocycles. The minimum absolute atomic E-state index is 0.00237. The summed E-state index contributed by atoms with van der Waals surface area (Å²) >= 11 is 0. The first-order chi connectivity index (χ1) is 14.8. The molecule has 5 rings (SSSR count). The summed E-state index contributed by atoms with van der Waals surface area (Å²) in [6, 6.07) is 8.84. The topological polar surface area (TPSA) is 97.4 Å². The molecule has 1 saturated heterocycles. The van der Waals surface area contributed by atoms with Crippen molar-refractivity contribution in [3.63, 3.8) is 0 Å². The molecule has 3 aliphatic rings. The summed E-state index contributed by atoms with van der Waals surface area (Å²) < 4.78 is -0.295. The second kappa shape index (κ2) is 7.07. The van der Waals surface area contributed by atoms with Crippen LogP contribution in [0.4, 0.5) is 5.82 Å². The number of nitrogens with one attached hydrogen (secondary N) is 1. The Kier molecular flexibility index (Phi) is 4.57. The molecule has 1 atom stereocenters. The van der Waals surface area contributed by atoms with Crippen LogP contribution in [-0.4, -0.2) is 46.6 Å². The molecule has 1 amide bonds. The number of anilines is 1. The van der Waals surface area contributed by atoms with E-state index in [4.69, 9.17) is 10.8 Å². The van der Waals surface area contributed by atoms with E-state index in [0.29, 0.717) is 29.0 Å². The fraction of sp³-hybridized carbons (Fsp3) is 0.417. The van der Waals surface area contributed by atoms with Gasteiger partial charge < -0.3 is 11.1 Å². The van der Waals surface area contributed by atoms with Crippen LogP contribution < -0.4 is 11.1 Å². The number of amides is 1. The lowest BCUT2D eigenvalue weighted by atomic mass is 9.67. The molecule has 1 aromatic carbocycles. The molecule has 3 heterocycles. The Hall–Kier alpha value is -2.90. The average molecular weight is 419 g/mol. The smallest absolute Gasteiger partial charge is 0.377 e. The standard InChI is InChI=1S/C24H28N5O2/c1-15(2)29(23(31)17-4-3-16-5-6-21(25)28-19(16)11-17)22-18(14-27-29)12-24(13-20(22)30)7-9-26-10-8-24/h3-6,11,14-15,26H,7-10,12-13H2,1-2H3,(H2,25,28)/q+1. The molecule has 1 fully saturated rings. The zero-order valence-corrected chi connectivity index (χ0v) is 18.0. The van der Waals surface area contributed by atoms with Gasteiger partial charge in [0.05, 0.1) is 17.3 Å². The summed E-state index contributed by atoms with van der Waals surface area (Å²) in [5.41, 5.74) is 8.48. The van der Waals surface area contributed by atoms with Gasteiger partial charge in [-0.3, -0.25) is 4.79 Å². The van der Waals surface area contributed by atoms with Gasteiger partial charge in [-0.2, -0.15) is 0 Å². The molecule has 1 spiro atoms. The zero-order chi connectivity index (χ0) is 21.8. The Morgan fingerprint density at radius 3 is 2.65 bits per heavy atom. The van der Waals surface area contributed by atoms with E-state index in [2.05, 4.69) is 10.3 Å². The molecule has 160 valence electrons. The van der Waals surface area contributed by atoms with Crippen molar-refractivity contribution in [3.05, 3.63) is 47.2 Å². The number of aromatic nitrogens is 1. The number of Topliss-reactive ketones (excluding diaryl/α,β-unsaturated/α-hetero) is 1. The van der Waals surface area contributed by atoms with Gasteiger partial charge in [0.15, 0.2) is 0 Å². The van der Waals surface area contributed by atoms with Crippen LogP contribution in [0.3, 0.4) is 0 Å². The van der Waals surface area contributed by atoms with E-state index in [1.807, 2.05) is 26.0 Å². The summed E-state index contributed by atoms with van der Waals surface area (Å²) in [5.74, 6) is 0.270. The average Bonchev–Trinajstić information content (AvgIpc) is 3.14. The van der Waals surface area contributed by atoms with Gasteiger partial charge in [0.1, 0.15) is 11.9 Å². The number of hydrogen-bond acceptors (Lipinski definition) is 6. The highest BCUT2D eigenvalue weighted by Gasteiger charge is 2.56. The van der Waals surface area contributed by atoms with Crippen LogP contribution >= 0.6 is 0 Å². The van der Waals surface area contributed by atoms with Crippen LogP contribution in [-0.2, 0) is 4.79 Å². The molecule has 3 N–H and O–H groups in total. The van der Waals surface area contributed by atoms with Gasteiger partial charge in [-0.25, -0.2) is 9.78 Å². The van der Waals surface area contributed by atoms with Crippen molar-refractivity contribution in [2.24, 2.45) is 10.5 Å². The van der Waals surface area contributed by atoms with Crippen molar-refractivity contribution in [1.29, 1.82) is 0 Å². The molecule has 1 aliphatic carbocycles. The number of piperidine rings is 1. The Labute approximate surface area is 181 Å². The number of fused-ring (bicyclic) bond motifs is 1. The van der Waals surface area contributed by atoms with Gasteiger partial charge in [0.25, 0.3) is 0 Å². The first kappa shape index (κ1) is 20.0. The molecule has 1 unspecified atom stereocenters. The largest absolute Gasteiger partial charge is 0.384 e. The molecular formula is C24H28N5O2+. The number of rotatable bonds is 2. The van der Waals surface area contributed by atoms with Crippen LogP contribution in [0, 0.1) is 5.41 Å². The molecule has 0 saturated carbocycles. The fourth-order valence-corrected chi connectivity index (χ4v) is 5.44. The third-order valence-corrected chi connectivity index (χ3v) is 7.09. The minimum Gasteiger partial charge on any atom is -0.384 e. The lowest BCUT2D eigenvalue weighted by Crippen LogP contribution is -2.54. The highest BCUT2D eigenvalue weighted by atomic mass is 16.2. The van der Waals surface area contributed by atoms with E-state index in [1.54, 1.807) is 24.4 Å². The van der Waals surface area contributed by atoms with Gasteiger partial charge in [-0.15, -0.1) is 0 Å². The second-order valence-corrected chi connectivity index (χ2v) is 9.37. The number of carbonyl (C=O) groups excluding carboxylic acids is 2. The Morgan fingerprint density at radius 2 is 1.90 bits per heavy atom. The lowest BCUT2D eigenvalue weighted by Gasteiger charge is -2.41. The monoisotopic (exact) mass is 418 g/mol. The number of hydrogen-bond donors (Lipinski definition) is 2. The Bertz CT molecular complexity index is 1160. The van der Waals surface area contributed by atoms with Gasteiger partial charge in [-0.1, -0.05) is 15.8 Å². The van der Waals surface area contributed by atoms with E-state index >= 15 is 0 Å². The summed E-state index contributed by atoms with van der Waals surface area (Å²) in [7, 11) is 0. The molecule has 7 nitrogen and oxygen atoms in total. The maximum absolute atomic E-state index is 13.9. The number of benzene rings is 1. The summed E-state index contributed by atoms with van der Waals surface area (Å²) in [4.78, 5) is 31.8. The summed E-state index contributed by atoms with van der Waals surface area (Å²) in [6.45, 7) is 5.77. The number of nitrogens with two attached hydrogens (primary N) is 1. The first-order valence-corrected chi connectivity index (χ1v) is 11.0. The third-order valence-electron chi connectivity index (χ3n) is 7.09. The van der Waals surface area contributed by atoms with Gasteiger partial charge in [-0.05, 0) is 75.9 Å². The van der Waals surface area contributed by atoms with Crippen LogP contribution in [0.25, 0.3) is 10.9 Å². The normalized spacial score (nSPS) is 24.9. The SMILES string of the molecule is CC(C)[N+]1(C(=O)c2ccc3ccc(N)nc3c2)N=CC2=C1C(=O)CC1(CCNCC1)C2. The Morgan fingerprint density at radius 1 is 1.16 bits per heavy atom. The molecular weight excluding hydrogens is 390 g/mol. The Balaban J connectivity index is 1.58. The summed E-state index contributed by atoms with van der Waals surface area (Å²) in [6.07, 6.45) is 5.06. The van der Waals surface area contributed by atoms with Crippen molar-refractivity contribution in [1.82, 2.24) is 10.3 Å². The minimum atomic E-state index is -0.295. The zero-order valence-electron chi connectivity index (χ0n) is 18.0. The molecule has 0 radical (unpaired) electrons. The number of quaternary nitrogens is 1. The number of pyridine rings is 1. The number of nitrogen functional groups attached to an aromatic ring is 1. The first-order valence-electron chi connectivity index (χ1n) is 11.0. The van der Waals surface area contributed by atoms with E-state index < -0.39 is 0 Å². The van der Waals surface area contributed by atoms with Crippen molar-refractivity contribution in [2.45, 2.75) is 45.6 Å². The predicted octanol–water partition coefficient (Wildman–Crippen LogP) is 3.17. The highest BCUT2D eigenvalue weighted by Crippen LogP contribution is 2.48. The third kappa shape index (κ3) is 3.03. The van der Waals surface area contributed by atoms with Gasteiger partial charge in [0, 0.05) is 17.4 Å². The fourth-order valence-electron chi connectivity index (χ4n) is 5.44. The number of allylic oxidation sites excluding steroid dienone is 2. The van der Waals surface area contributed by atoms with Crippen molar-refractivity contribution >= 4 is 34.6 Å². The van der Waals surface area contributed by atoms with E-state index in [1.165, 1.54) is 0 Å².